The van der Waals surface area contributed by atoms with Crippen LogP contribution in [0.15, 0.2) is 34.5 Å². The Morgan fingerprint density at radius 1 is 1.32 bits per heavy atom. The Hall–Kier alpha value is -1.30. The van der Waals surface area contributed by atoms with Gasteiger partial charge >= 0.3 is 6.18 Å². The summed E-state index contributed by atoms with van der Waals surface area (Å²) in [6.07, 6.45) is -1.93. The van der Waals surface area contributed by atoms with Crippen molar-refractivity contribution in [2.75, 3.05) is 6.61 Å². The van der Waals surface area contributed by atoms with Crippen LogP contribution in [0.1, 0.15) is 28.8 Å². The molecule has 1 aliphatic heterocycles. The van der Waals surface area contributed by atoms with E-state index in [1.807, 2.05) is 0 Å². The Kier molecular flexibility index (Phi) is 3.99. The van der Waals surface area contributed by atoms with Crippen LogP contribution in [0.2, 0.25) is 0 Å². The van der Waals surface area contributed by atoms with E-state index in [2.05, 4.69) is 15.9 Å². The molecule has 0 unspecified atom stereocenters. The number of alkyl halides is 3. The van der Waals surface area contributed by atoms with E-state index in [-0.39, 0.29) is 5.56 Å². The van der Waals surface area contributed by atoms with Gasteiger partial charge in [-0.2, -0.15) is 13.2 Å². The molecule has 0 aliphatic carbocycles. The molecular formula is C13H10BrF3O2. The van der Waals surface area contributed by atoms with Crippen LogP contribution in [-0.2, 0) is 10.9 Å². The molecule has 2 rings (SSSR count). The fraction of sp³-hybridized carbons (Fsp3) is 0.308. The van der Waals surface area contributed by atoms with E-state index < -0.39 is 17.5 Å². The first-order valence-electron chi connectivity index (χ1n) is 5.61. The average Bonchev–Trinajstić information content (AvgIpc) is 2.38. The largest absolute Gasteiger partial charge is 0.501 e. The van der Waals surface area contributed by atoms with Gasteiger partial charge in [0.25, 0.3) is 0 Å². The Balaban J connectivity index is 2.38. The standard InChI is InChI=1S/C13H10BrF3O2/c14-11-4-3-9(13(15,16)17)6-10(11)12(18)8-2-1-5-19-7-8/h3-4,6-7H,1-2,5H2. The molecule has 0 radical (unpaired) electrons. The molecular weight excluding hydrogens is 325 g/mol. The van der Waals surface area contributed by atoms with E-state index >= 15 is 0 Å². The SMILES string of the molecule is O=C(C1=COCCC1)c1cc(C(F)(F)F)ccc1Br. The predicted molar refractivity (Wildman–Crippen MR) is 66.7 cm³/mol. The second kappa shape index (κ2) is 5.36. The van der Waals surface area contributed by atoms with Crippen molar-refractivity contribution in [2.24, 2.45) is 0 Å². The van der Waals surface area contributed by atoms with E-state index in [1.165, 1.54) is 12.3 Å². The molecule has 0 bridgehead atoms. The lowest BCUT2D eigenvalue weighted by atomic mass is 9.98. The second-order valence-corrected chi connectivity index (χ2v) is 4.99. The van der Waals surface area contributed by atoms with Gasteiger partial charge in [0, 0.05) is 15.6 Å². The Morgan fingerprint density at radius 2 is 2.05 bits per heavy atom. The van der Waals surface area contributed by atoms with Crippen LogP contribution >= 0.6 is 15.9 Å². The summed E-state index contributed by atoms with van der Waals surface area (Å²) in [4.78, 5) is 12.2. The van der Waals surface area contributed by atoms with E-state index in [4.69, 9.17) is 4.74 Å². The molecule has 102 valence electrons. The quantitative estimate of drug-likeness (QED) is 0.752. The Morgan fingerprint density at radius 3 is 2.63 bits per heavy atom. The number of ketones is 1. The van der Waals surface area contributed by atoms with Crippen LogP contribution in [-0.4, -0.2) is 12.4 Å². The van der Waals surface area contributed by atoms with Crippen LogP contribution < -0.4 is 0 Å². The van der Waals surface area contributed by atoms with Gasteiger partial charge in [0.05, 0.1) is 18.4 Å². The molecule has 0 spiro atoms. The molecule has 19 heavy (non-hydrogen) atoms. The van der Waals surface area contributed by atoms with Gasteiger partial charge in [-0.15, -0.1) is 0 Å². The van der Waals surface area contributed by atoms with Gasteiger partial charge in [-0.05, 0) is 31.0 Å². The number of ether oxygens (including phenoxy) is 1. The zero-order valence-corrected chi connectivity index (χ0v) is 11.3. The molecule has 0 aromatic heterocycles. The number of halogens is 4. The van der Waals surface area contributed by atoms with E-state index in [1.54, 1.807) is 0 Å². The number of benzene rings is 1. The maximum absolute atomic E-state index is 12.6. The summed E-state index contributed by atoms with van der Waals surface area (Å²) in [6, 6.07) is 3.04. The number of carbonyl (C=O) groups excluding carboxylic acids is 1. The summed E-state index contributed by atoms with van der Waals surface area (Å²) in [6.45, 7) is 0.528. The lowest BCUT2D eigenvalue weighted by Gasteiger charge is -2.14. The molecule has 2 nitrogen and oxygen atoms in total. The minimum atomic E-state index is -4.47. The summed E-state index contributed by atoms with van der Waals surface area (Å²) in [5.74, 6) is -0.433. The molecule has 1 aromatic carbocycles. The fourth-order valence-corrected chi connectivity index (χ4v) is 2.21. The molecule has 0 saturated carbocycles. The van der Waals surface area contributed by atoms with Crippen molar-refractivity contribution < 1.29 is 22.7 Å². The fourth-order valence-electron chi connectivity index (χ4n) is 1.78. The summed E-state index contributed by atoms with van der Waals surface area (Å²) >= 11 is 3.11. The predicted octanol–water partition coefficient (Wildman–Crippen LogP) is 4.34. The first-order chi connectivity index (χ1) is 8.89. The van der Waals surface area contributed by atoms with Crippen molar-refractivity contribution in [3.05, 3.63) is 45.6 Å². The number of carbonyl (C=O) groups is 1. The zero-order valence-electron chi connectivity index (χ0n) is 9.76. The number of allylic oxidation sites excluding steroid dienone is 1. The molecule has 1 aliphatic rings. The van der Waals surface area contributed by atoms with Crippen molar-refractivity contribution in [3.63, 3.8) is 0 Å². The smallest absolute Gasteiger partial charge is 0.416 e. The highest BCUT2D eigenvalue weighted by Gasteiger charge is 2.32. The molecule has 1 heterocycles. The molecule has 0 amide bonds. The minimum Gasteiger partial charge on any atom is -0.501 e. The lowest BCUT2D eigenvalue weighted by Crippen LogP contribution is -2.12. The van der Waals surface area contributed by atoms with Crippen molar-refractivity contribution in [1.29, 1.82) is 0 Å². The molecule has 0 N–H and O–H groups in total. The summed E-state index contributed by atoms with van der Waals surface area (Å²) in [7, 11) is 0. The number of hydrogen-bond donors (Lipinski definition) is 0. The van der Waals surface area contributed by atoms with Gasteiger partial charge in [0.2, 0.25) is 0 Å². The number of Topliss-reactive ketones (excluding diaryl/α,β-unsaturated/α-hetero) is 1. The van der Waals surface area contributed by atoms with Gasteiger partial charge in [-0.1, -0.05) is 15.9 Å². The summed E-state index contributed by atoms with van der Waals surface area (Å²) in [5, 5.41) is 0. The van der Waals surface area contributed by atoms with Crippen LogP contribution in [0, 0.1) is 0 Å². The highest BCUT2D eigenvalue weighted by molar-refractivity contribution is 9.10. The van der Waals surface area contributed by atoms with Crippen LogP contribution in [0.25, 0.3) is 0 Å². The van der Waals surface area contributed by atoms with Gasteiger partial charge in [0.1, 0.15) is 0 Å². The minimum absolute atomic E-state index is 0.00609. The molecule has 0 saturated heterocycles. The topological polar surface area (TPSA) is 26.3 Å². The first kappa shape index (κ1) is 14.1. The molecule has 0 fully saturated rings. The average molecular weight is 335 g/mol. The van der Waals surface area contributed by atoms with Gasteiger partial charge in [0.15, 0.2) is 5.78 Å². The zero-order chi connectivity index (χ0) is 14.0. The highest BCUT2D eigenvalue weighted by atomic mass is 79.9. The number of hydrogen-bond acceptors (Lipinski definition) is 2. The van der Waals surface area contributed by atoms with Crippen LogP contribution in [0.5, 0.6) is 0 Å². The summed E-state index contributed by atoms with van der Waals surface area (Å²) in [5.41, 5.74) is -0.436. The second-order valence-electron chi connectivity index (χ2n) is 4.14. The van der Waals surface area contributed by atoms with Crippen LogP contribution in [0.3, 0.4) is 0 Å². The monoisotopic (exact) mass is 334 g/mol. The van der Waals surface area contributed by atoms with Gasteiger partial charge in [-0.25, -0.2) is 0 Å². The third-order valence-electron chi connectivity index (χ3n) is 2.76. The maximum Gasteiger partial charge on any atom is 0.416 e. The van der Waals surface area contributed by atoms with E-state index in [0.717, 1.165) is 12.1 Å². The highest BCUT2D eigenvalue weighted by Crippen LogP contribution is 2.33. The first-order valence-corrected chi connectivity index (χ1v) is 6.41. The third kappa shape index (κ3) is 3.18. The van der Waals surface area contributed by atoms with Crippen molar-refractivity contribution >= 4 is 21.7 Å². The Bertz CT molecular complexity index is 535. The molecule has 0 atom stereocenters. The van der Waals surface area contributed by atoms with Gasteiger partial charge in [-0.3, -0.25) is 4.79 Å². The van der Waals surface area contributed by atoms with Crippen molar-refractivity contribution in [3.8, 4) is 0 Å². The normalized spacial score (nSPS) is 15.7. The summed E-state index contributed by atoms with van der Waals surface area (Å²) < 4.78 is 43.3. The lowest BCUT2D eigenvalue weighted by molar-refractivity contribution is -0.137. The van der Waals surface area contributed by atoms with Crippen LogP contribution in [0.4, 0.5) is 13.2 Å². The number of rotatable bonds is 2. The van der Waals surface area contributed by atoms with E-state index in [9.17, 15) is 18.0 Å². The van der Waals surface area contributed by atoms with E-state index in [0.29, 0.717) is 29.5 Å². The third-order valence-corrected chi connectivity index (χ3v) is 3.46. The Labute approximate surface area is 116 Å². The maximum atomic E-state index is 12.6. The van der Waals surface area contributed by atoms with Gasteiger partial charge < -0.3 is 4.74 Å². The molecule has 6 heteroatoms. The molecule has 1 aromatic rings. The van der Waals surface area contributed by atoms with Crippen molar-refractivity contribution in [1.82, 2.24) is 0 Å². The van der Waals surface area contributed by atoms with Crippen molar-refractivity contribution in [2.45, 2.75) is 19.0 Å².